The first-order valence-corrected chi connectivity index (χ1v) is 12.4. The van der Waals surface area contributed by atoms with E-state index in [1.807, 2.05) is 55.2 Å². The lowest BCUT2D eigenvalue weighted by molar-refractivity contribution is 0.0953. The van der Waals surface area contributed by atoms with E-state index in [-0.39, 0.29) is 5.91 Å². The summed E-state index contributed by atoms with van der Waals surface area (Å²) in [5, 5.41) is 7.11. The van der Waals surface area contributed by atoms with E-state index in [0.717, 1.165) is 30.5 Å². The van der Waals surface area contributed by atoms with Gasteiger partial charge >= 0.3 is 0 Å². The maximum absolute atomic E-state index is 13.1. The second kappa shape index (κ2) is 12.3. The number of rotatable bonds is 12. The van der Waals surface area contributed by atoms with Crippen molar-refractivity contribution in [1.29, 1.82) is 0 Å². The Morgan fingerprint density at radius 3 is 2.42 bits per heavy atom. The lowest BCUT2D eigenvalue weighted by Gasteiger charge is -2.15. The Bertz CT molecular complexity index is 1380. The number of amides is 1. The van der Waals surface area contributed by atoms with Gasteiger partial charge in [0.2, 0.25) is 11.7 Å². The molecule has 2 aromatic heterocycles. The van der Waals surface area contributed by atoms with Crippen molar-refractivity contribution in [2.45, 2.75) is 12.8 Å². The summed E-state index contributed by atoms with van der Waals surface area (Å²) in [5.41, 5.74) is 2.66. The number of anilines is 2. The molecule has 0 aliphatic carbocycles. The molecule has 0 saturated heterocycles. The molecule has 0 aliphatic rings. The Hall–Kier alpha value is -4.31. The number of para-hydroxylation sites is 1. The molecule has 0 aliphatic heterocycles. The summed E-state index contributed by atoms with van der Waals surface area (Å²) in [4.78, 5) is 24.4. The van der Waals surface area contributed by atoms with Crippen molar-refractivity contribution >= 4 is 28.6 Å². The monoisotopic (exact) mass is 518 g/mol. The van der Waals surface area contributed by atoms with E-state index in [1.165, 1.54) is 0 Å². The van der Waals surface area contributed by atoms with Crippen LogP contribution in [-0.2, 0) is 0 Å². The van der Waals surface area contributed by atoms with E-state index >= 15 is 0 Å². The van der Waals surface area contributed by atoms with E-state index < -0.39 is 0 Å². The van der Waals surface area contributed by atoms with Gasteiger partial charge in [0.15, 0.2) is 11.5 Å². The number of ether oxygens (including phenoxy) is 3. The molecule has 1 amide bonds. The van der Waals surface area contributed by atoms with Gasteiger partial charge in [-0.25, -0.2) is 4.98 Å². The van der Waals surface area contributed by atoms with Gasteiger partial charge in [-0.1, -0.05) is 12.1 Å². The van der Waals surface area contributed by atoms with Crippen LogP contribution < -0.4 is 24.8 Å². The fraction of sp³-hybridized carbons (Fsp3) is 0.321. The minimum atomic E-state index is -0.114. The SMILES string of the molecule is COc1cc(Nc2ncc3ccn(-c4ccccc4C(=O)NCCCCN(C)C)c3n2)cc(OC)c1OC. The highest BCUT2D eigenvalue weighted by atomic mass is 16.5. The third-order valence-electron chi connectivity index (χ3n) is 6.07. The zero-order valence-corrected chi connectivity index (χ0v) is 22.4. The van der Waals surface area contributed by atoms with Gasteiger partial charge in [0.25, 0.3) is 5.91 Å². The number of fused-ring (bicyclic) bond motifs is 1. The molecule has 2 heterocycles. The third-order valence-corrected chi connectivity index (χ3v) is 6.07. The first kappa shape index (κ1) is 26.7. The van der Waals surface area contributed by atoms with E-state index in [2.05, 4.69) is 20.5 Å². The van der Waals surface area contributed by atoms with Crippen molar-refractivity contribution in [3.63, 3.8) is 0 Å². The number of methoxy groups -OCH3 is 3. The van der Waals surface area contributed by atoms with Crippen LogP contribution in [-0.4, -0.2) is 73.9 Å². The van der Waals surface area contributed by atoms with Crippen LogP contribution in [0.3, 0.4) is 0 Å². The number of unbranched alkanes of at least 4 members (excludes halogenated alkanes) is 1. The van der Waals surface area contributed by atoms with Gasteiger partial charge in [0.05, 0.1) is 32.6 Å². The normalized spacial score (nSPS) is 11.0. The number of aromatic nitrogens is 3. The predicted octanol–water partition coefficient (Wildman–Crippen LogP) is 4.26. The van der Waals surface area contributed by atoms with Crippen LogP contribution >= 0.6 is 0 Å². The average molecular weight is 519 g/mol. The second-order valence-corrected chi connectivity index (χ2v) is 8.98. The molecule has 2 aromatic carbocycles. The summed E-state index contributed by atoms with van der Waals surface area (Å²) in [5.74, 6) is 1.80. The van der Waals surface area contributed by atoms with Gasteiger partial charge in [-0.05, 0) is 51.7 Å². The molecule has 10 heteroatoms. The maximum atomic E-state index is 13.1. The van der Waals surface area contributed by atoms with Crippen molar-refractivity contribution in [2.24, 2.45) is 0 Å². The quantitative estimate of drug-likeness (QED) is 0.268. The van der Waals surface area contributed by atoms with E-state index in [4.69, 9.17) is 19.2 Å². The largest absolute Gasteiger partial charge is 0.493 e. The fourth-order valence-corrected chi connectivity index (χ4v) is 4.18. The van der Waals surface area contributed by atoms with Gasteiger partial charge in [-0.15, -0.1) is 0 Å². The Morgan fingerprint density at radius 1 is 1.00 bits per heavy atom. The molecule has 0 unspecified atom stereocenters. The van der Waals surface area contributed by atoms with Gasteiger partial charge in [0, 0.05) is 42.1 Å². The van der Waals surface area contributed by atoms with Crippen LogP contribution in [0, 0.1) is 0 Å². The zero-order chi connectivity index (χ0) is 27.1. The molecule has 2 N–H and O–H groups in total. The molecular weight excluding hydrogens is 484 g/mol. The summed E-state index contributed by atoms with van der Waals surface area (Å²) < 4.78 is 18.2. The average Bonchev–Trinajstić information content (AvgIpc) is 3.35. The molecule has 0 atom stereocenters. The van der Waals surface area contributed by atoms with Crippen molar-refractivity contribution in [1.82, 2.24) is 24.8 Å². The molecule has 38 heavy (non-hydrogen) atoms. The van der Waals surface area contributed by atoms with Crippen molar-refractivity contribution in [3.8, 4) is 22.9 Å². The maximum Gasteiger partial charge on any atom is 0.253 e. The molecule has 0 spiro atoms. The number of hydrogen-bond donors (Lipinski definition) is 2. The number of nitrogens with one attached hydrogen (secondary N) is 2. The summed E-state index contributed by atoms with van der Waals surface area (Å²) in [6.07, 6.45) is 5.58. The van der Waals surface area contributed by atoms with E-state index in [1.54, 1.807) is 39.7 Å². The van der Waals surface area contributed by atoms with Crippen molar-refractivity contribution in [2.75, 3.05) is 53.8 Å². The molecule has 0 bridgehead atoms. The number of nitrogens with zero attached hydrogens (tertiary/aromatic N) is 4. The highest BCUT2D eigenvalue weighted by Gasteiger charge is 2.17. The zero-order valence-electron chi connectivity index (χ0n) is 22.4. The Kier molecular flexibility index (Phi) is 8.65. The Labute approximate surface area is 222 Å². The standard InChI is InChI=1S/C28H34N6O4/c1-33(2)14-9-8-13-29-27(35)21-10-6-7-11-22(21)34-15-12-19-18-30-28(32-26(19)34)31-20-16-23(36-3)25(38-5)24(17-20)37-4/h6-7,10-12,15-18H,8-9,13-14H2,1-5H3,(H,29,35)(H,30,31,32). The van der Waals surface area contributed by atoms with Gasteiger partial charge < -0.3 is 34.3 Å². The fourth-order valence-electron chi connectivity index (χ4n) is 4.18. The molecule has 200 valence electrons. The molecule has 0 radical (unpaired) electrons. The highest BCUT2D eigenvalue weighted by molar-refractivity contribution is 5.98. The number of carbonyl (C=O) groups is 1. The lowest BCUT2D eigenvalue weighted by Crippen LogP contribution is -2.26. The number of carbonyl (C=O) groups excluding carboxylic acids is 1. The van der Waals surface area contributed by atoms with E-state index in [0.29, 0.717) is 46.6 Å². The van der Waals surface area contributed by atoms with Gasteiger partial charge in [0.1, 0.15) is 5.65 Å². The Morgan fingerprint density at radius 2 is 1.74 bits per heavy atom. The smallest absolute Gasteiger partial charge is 0.253 e. The van der Waals surface area contributed by atoms with Gasteiger partial charge in [-0.2, -0.15) is 4.98 Å². The van der Waals surface area contributed by atoms with Crippen molar-refractivity contribution in [3.05, 3.63) is 60.4 Å². The summed E-state index contributed by atoms with van der Waals surface area (Å²) >= 11 is 0. The van der Waals surface area contributed by atoms with Crippen LogP contribution in [0.2, 0.25) is 0 Å². The minimum Gasteiger partial charge on any atom is -0.493 e. The third kappa shape index (κ3) is 5.97. The molecule has 10 nitrogen and oxygen atoms in total. The number of benzene rings is 2. The van der Waals surface area contributed by atoms with Crippen LogP contribution in [0.1, 0.15) is 23.2 Å². The predicted molar refractivity (Wildman–Crippen MR) is 148 cm³/mol. The topological polar surface area (TPSA) is 103 Å². The summed E-state index contributed by atoms with van der Waals surface area (Å²) in [6.45, 7) is 1.62. The summed E-state index contributed by atoms with van der Waals surface area (Å²) in [6, 6.07) is 13.0. The first-order chi connectivity index (χ1) is 18.4. The summed E-state index contributed by atoms with van der Waals surface area (Å²) in [7, 11) is 8.78. The van der Waals surface area contributed by atoms with Crippen LogP contribution in [0.15, 0.2) is 54.9 Å². The van der Waals surface area contributed by atoms with Crippen molar-refractivity contribution < 1.29 is 19.0 Å². The Balaban J connectivity index is 1.60. The number of hydrogen-bond acceptors (Lipinski definition) is 8. The molecular formula is C28H34N6O4. The molecule has 0 fully saturated rings. The van der Waals surface area contributed by atoms with Crippen LogP contribution in [0.4, 0.5) is 11.6 Å². The first-order valence-electron chi connectivity index (χ1n) is 12.4. The minimum absolute atomic E-state index is 0.114. The molecule has 4 aromatic rings. The highest BCUT2D eigenvalue weighted by Crippen LogP contribution is 2.40. The second-order valence-electron chi connectivity index (χ2n) is 8.98. The molecule has 0 saturated carbocycles. The van der Waals surface area contributed by atoms with Gasteiger partial charge in [-0.3, -0.25) is 4.79 Å². The lowest BCUT2D eigenvalue weighted by atomic mass is 10.1. The van der Waals surface area contributed by atoms with Crippen LogP contribution in [0.5, 0.6) is 17.2 Å². The molecule has 4 rings (SSSR count). The van der Waals surface area contributed by atoms with E-state index in [9.17, 15) is 4.79 Å². The van der Waals surface area contributed by atoms with Crippen LogP contribution in [0.25, 0.3) is 16.7 Å².